The molecular formula is C18H36N2O. The molecule has 0 aromatic heterocycles. The van der Waals surface area contributed by atoms with Crippen LogP contribution in [0.5, 0.6) is 0 Å². The van der Waals surface area contributed by atoms with E-state index >= 15 is 0 Å². The normalized spacial score (nSPS) is 36.1. The molecule has 124 valence electrons. The van der Waals surface area contributed by atoms with E-state index in [1.807, 2.05) is 7.11 Å². The molecule has 4 atom stereocenters. The van der Waals surface area contributed by atoms with E-state index in [2.05, 4.69) is 44.8 Å². The first-order valence-corrected chi connectivity index (χ1v) is 8.85. The molecule has 0 aromatic carbocycles. The predicted molar refractivity (Wildman–Crippen MR) is 89.6 cm³/mol. The van der Waals surface area contributed by atoms with Gasteiger partial charge in [-0.3, -0.25) is 4.90 Å². The first kappa shape index (κ1) is 17.2. The minimum absolute atomic E-state index is 0.328. The summed E-state index contributed by atoms with van der Waals surface area (Å²) in [4.78, 5) is 2.83. The van der Waals surface area contributed by atoms with Crippen LogP contribution in [0, 0.1) is 11.3 Å². The van der Waals surface area contributed by atoms with Crippen LogP contribution in [0.2, 0.25) is 0 Å². The lowest BCUT2D eigenvalue weighted by Gasteiger charge is -2.52. The summed E-state index contributed by atoms with van der Waals surface area (Å²) in [6, 6.07) is 1.97. The summed E-state index contributed by atoms with van der Waals surface area (Å²) in [6.07, 6.45) is 5.59. The van der Waals surface area contributed by atoms with Gasteiger partial charge in [-0.15, -0.1) is 0 Å². The Morgan fingerprint density at radius 1 is 1.19 bits per heavy atom. The molecule has 1 heterocycles. The number of rotatable bonds is 3. The number of piperazine rings is 1. The fourth-order valence-corrected chi connectivity index (χ4v) is 4.09. The highest BCUT2D eigenvalue weighted by atomic mass is 16.5. The van der Waals surface area contributed by atoms with Crippen molar-refractivity contribution in [3.05, 3.63) is 0 Å². The second-order valence-corrected chi connectivity index (χ2v) is 8.52. The summed E-state index contributed by atoms with van der Waals surface area (Å²) in [7, 11) is 1.88. The van der Waals surface area contributed by atoms with Gasteiger partial charge in [0.05, 0.1) is 6.10 Å². The lowest BCUT2D eigenvalue weighted by molar-refractivity contribution is -0.0307. The predicted octanol–water partition coefficient (Wildman–Crippen LogP) is 3.29. The molecule has 1 N–H and O–H groups in total. The summed E-state index contributed by atoms with van der Waals surface area (Å²) in [5.41, 5.74) is 0.328. The second kappa shape index (κ2) is 6.97. The number of nitrogens with zero attached hydrogens (tertiary/aromatic N) is 1. The fourth-order valence-electron chi connectivity index (χ4n) is 4.09. The molecule has 0 bridgehead atoms. The molecule has 2 fully saturated rings. The maximum absolute atomic E-state index is 5.67. The first-order chi connectivity index (χ1) is 9.82. The summed E-state index contributed by atoms with van der Waals surface area (Å²) in [5.74, 6) is 0.704. The number of methoxy groups -OCH3 is 1. The van der Waals surface area contributed by atoms with E-state index in [-0.39, 0.29) is 0 Å². The third kappa shape index (κ3) is 4.20. The molecule has 2 rings (SSSR count). The molecule has 1 aliphatic carbocycles. The third-order valence-electron chi connectivity index (χ3n) is 5.59. The van der Waals surface area contributed by atoms with Gasteiger partial charge >= 0.3 is 0 Å². The van der Waals surface area contributed by atoms with Crippen molar-refractivity contribution < 1.29 is 4.74 Å². The number of ether oxygens (including phenoxy) is 1. The zero-order valence-corrected chi connectivity index (χ0v) is 15.0. The molecule has 2 aliphatic rings. The van der Waals surface area contributed by atoms with Gasteiger partial charge in [-0.1, -0.05) is 34.6 Å². The third-order valence-corrected chi connectivity index (χ3v) is 5.59. The van der Waals surface area contributed by atoms with Gasteiger partial charge in [-0.2, -0.15) is 0 Å². The minimum Gasteiger partial charge on any atom is -0.381 e. The second-order valence-electron chi connectivity index (χ2n) is 8.52. The molecule has 1 saturated heterocycles. The van der Waals surface area contributed by atoms with Crippen LogP contribution in [-0.4, -0.2) is 49.3 Å². The molecule has 0 radical (unpaired) electrons. The van der Waals surface area contributed by atoms with Gasteiger partial charge in [-0.05, 0) is 37.0 Å². The minimum atomic E-state index is 0.328. The van der Waals surface area contributed by atoms with Gasteiger partial charge in [0.2, 0.25) is 0 Å². The van der Waals surface area contributed by atoms with Gasteiger partial charge in [0.15, 0.2) is 0 Å². The van der Waals surface area contributed by atoms with Crippen molar-refractivity contribution in [1.82, 2.24) is 10.2 Å². The topological polar surface area (TPSA) is 24.5 Å². The van der Waals surface area contributed by atoms with Crippen LogP contribution in [0.15, 0.2) is 0 Å². The Kier molecular flexibility index (Phi) is 5.72. The fraction of sp³-hybridized carbons (Fsp3) is 1.00. The van der Waals surface area contributed by atoms with Crippen LogP contribution < -0.4 is 5.32 Å². The molecule has 0 amide bonds. The summed E-state index contributed by atoms with van der Waals surface area (Å²) < 4.78 is 5.67. The van der Waals surface area contributed by atoms with Crippen molar-refractivity contribution in [3.63, 3.8) is 0 Å². The van der Waals surface area contributed by atoms with Gasteiger partial charge in [0.25, 0.3) is 0 Å². The van der Waals surface area contributed by atoms with Crippen molar-refractivity contribution >= 4 is 0 Å². The molecule has 3 heteroatoms. The maximum atomic E-state index is 5.67. The Balaban J connectivity index is 2.12. The Bertz CT molecular complexity index is 324. The highest BCUT2D eigenvalue weighted by Gasteiger charge is 2.40. The van der Waals surface area contributed by atoms with Crippen LogP contribution in [0.4, 0.5) is 0 Å². The number of hydrogen-bond acceptors (Lipinski definition) is 3. The highest BCUT2D eigenvalue weighted by Crippen LogP contribution is 2.34. The summed E-state index contributed by atoms with van der Waals surface area (Å²) in [6.45, 7) is 14.2. The van der Waals surface area contributed by atoms with E-state index < -0.39 is 0 Å². The lowest BCUT2D eigenvalue weighted by atomic mass is 9.80. The molecule has 1 saturated carbocycles. The lowest BCUT2D eigenvalue weighted by Crippen LogP contribution is -2.64. The Morgan fingerprint density at radius 2 is 1.90 bits per heavy atom. The van der Waals surface area contributed by atoms with E-state index in [0.29, 0.717) is 35.6 Å². The molecule has 0 aromatic rings. The molecular weight excluding hydrogens is 260 g/mol. The Labute approximate surface area is 131 Å². The molecule has 21 heavy (non-hydrogen) atoms. The zero-order chi connectivity index (χ0) is 15.6. The standard InChI is InChI=1S/C18H36N2O/c1-13(2)16-12-20(17(11-19-16)18(3,4)5)14-8-7-9-15(10-14)21-6/h13-17,19H,7-12H2,1-6H3. The average molecular weight is 296 g/mol. The SMILES string of the molecule is COC1CCCC(N2CC(C(C)C)NCC2C(C)(C)C)C1. The van der Waals surface area contributed by atoms with Crippen molar-refractivity contribution in [2.24, 2.45) is 11.3 Å². The van der Waals surface area contributed by atoms with Crippen LogP contribution in [0.25, 0.3) is 0 Å². The van der Waals surface area contributed by atoms with Crippen LogP contribution in [0.3, 0.4) is 0 Å². The van der Waals surface area contributed by atoms with E-state index in [4.69, 9.17) is 4.74 Å². The smallest absolute Gasteiger partial charge is 0.0586 e. The monoisotopic (exact) mass is 296 g/mol. The van der Waals surface area contributed by atoms with Crippen LogP contribution in [0.1, 0.15) is 60.3 Å². The van der Waals surface area contributed by atoms with E-state index in [1.54, 1.807) is 0 Å². The van der Waals surface area contributed by atoms with Crippen molar-refractivity contribution in [3.8, 4) is 0 Å². The summed E-state index contributed by atoms with van der Waals surface area (Å²) >= 11 is 0. The molecule has 3 nitrogen and oxygen atoms in total. The quantitative estimate of drug-likeness (QED) is 0.865. The van der Waals surface area contributed by atoms with Gasteiger partial charge in [-0.25, -0.2) is 0 Å². The van der Waals surface area contributed by atoms with Crippen LogP contribution in [-0.2, 0) is 4.74 Å². The van der Waals surface area contributed by atoms with E-state index in [1.165, 1.54) is 32.2 Å². The summed E-state index contributed by atoms with van der Waals surface area (Å²) in [5, 5.41) is 3.80. The van der Waals surface area contributed by atoms with Gasteiger partial charge < -0.3 is 10.1 Å². The molecule has 0 spiro atoms. The zero-order valence-electron chi connectivity index (χ0n) is 15.0. The van der Waals surface area contributed by atoms with Crippen LogP contribution >= 0.6 is 0 Å². The first-order valence-electron chi connectivity index (χ1n) is 8.85. The van der Waals surface area contributed by atoms with E-state index in [0.717, 1.165) is 6.54 Å². The van der Waals surface area contributed by atoms with Crippen molar-refractivity contribution in [2.75, 3.05) is 20.2 Å². The van der Waals surface area contributed by atoms with Gasteiger partial charge in [0, 0.05) is 38.3 Å². The highest BCUT2D eigenvalue weighted by molar-refractivity contribution is 4.97. The van der Waals surface area contributed by atoms with Crippen molar-refractivity contribution in [1.29, 1.82) is 0 Å². The molecule has 4 unspecified atom stereocenters. The molecule has 1 aliphatic heterocycles. The Morgan fingerprint density at radius 3 is 2.48 bits per heavy atom. The number of nitrogens with one attached hydrogen (secondary N) is 1. The Hall–Kier alpha value is -0.120. The maximum Gasteiger partial charge on any atom is 0.0586 e. The van der Waals surface area contributed by atoms with Crippen molar-refractivity contribution in [2.45, 2.75) is 84.5 Å². The average Bonchev–Trinajstić information content (AvgIpc) is 2.45. The van der Waals surface area contributed by atoms with E-state index in [9.17, 15) is 0 Å². The van der Waals surface area contributed by atoms with Gasteiger partial charge in [0.1, 0.15) is 0 Å². The largest absolute Gasteiger partial charge is 0.381 e. The number of hydrogen-bond donors (Lipinski definition) is 1.